The highest BCUT2D eigenvalue weighted by Crippen LogP contribution is 2.23. The Kier molecular flexibility index (Phi) is 3.83. The Morgan fingerprint density at radius 3 is 2.65 bits per heavy atom. The molecule has 0 spiro atoms. The summed E-state index contributed by atoms with van der Waals surface area (Å²) in [4.78, 5) is 0. The number of benzene rings is 1. The molecule has 1 N–H and O–H groups in total. The van der Waals surface area contributed by atoms with Crippen LogP contribution in [-0.2, 0) is 19.4 Å². The van der Waals surface area contributed by atoms with Crippen molar-refractivity contribution in [2.45, 2.75) is 51.7 Å². The van der Waals surface area contributed by atoms with Gasteiger partial charge in [0, 0.05) is 12.6 Å². The number of nitrogens with zero attached hydrogens (tertiary/aromatic N) is 3. The van der Waals surface area contributed by atoms with E-state index in [2.05, 4.69) is 58.2 Å². The van der Waals surface area contributed by atoms with E-state index in [1.54, 1.807) is 0 Å². The van der Waals surface area contributed by atoms with Gasteiger partial charge in [0.2, 0.25) is 0 Å². The fraction of sp³-hybridized carbons (Fsp3) is 0.500. The molecule has 1 heterocycles. The van der Waals surface area contributed by atoms with Gasteiger partial charge in [-0.1, -0.05) is 31.2 Å². The summed E-state index contributed by atoms with van der Waals surface area (Å²) in [6, 6.07) is 9.48. The third-order valence-corrected chi connectivity index (χ3v) is 4.03. The normalized spacial score (nSPS) is 16.3. The van der Waals surface area contributed by atoms with Crippen LogP contribution in [0.5, 0.6) is 0 Å². The van der Waals surface area contributed by atoms with Gasteiger partial charge in [-0.15, -0.1) is 10.2 Å². The minimum atomic E-state index is 0.239. The fourth-order valence-electron chi connectivity index (χ4n) is 3.12. The first-order chi connectivity index (χ1) is 9.78. The van der Waals surface area contributed by atoms with Crippen LogP contribution in [0, 0.1) is 0 Å². The number of fused-ring (bicyclic) bond motifs is 1. The van der Waals surface area contributed by atoms with Crippen molar-refractivity contribution in [1.29, 1.82) is 0 Å². The Hall–Kier alpha value is -1.68. The van der Waals surface area contributed by atoms with E-state index in [0.717, 1.165) is 31.6 Å². The molecule has 4 heteroatoms. The lowest BCUT2D eigenvalue weighted by atomic mass is 10.1. The molecule has 1 aliphatic carbocycles. The van der Waals surface area contributed by atoms with Gasteiger partial charge in [-0.25, -0.2) is 0 Å². The van der Waals surface area contributed by atoms with Gasteiger partial charge < -0.3 is 9.88 Å². The maximum Gasteiger partial charge on any atom is 0.149 e. The summed E-state index contributed by atoms with van der Waals surface area (Å²) in [5.41, 5.74) is 2.96. The van der Waals surface area contributed by atoms with Crippen molar-refractivity contribution in [2.75, 3.05) is 0 Å². The lowest BCUT2D eigenvalue weighted by Gasteiger charge is -2.19. The number of nitrogens with one attached hydrogen (secondary N) is 1. The van der Waals surface area contributed by atoms with E-state index in [4.69, 9.17) is 0 Å². The largest absolute Gasteiger partial charge is 0.316 e. The number of aromatic nitrogens is 3. The second-order valence-electron chi connectivity index (χ2n) is 5.64. The van der Waals surface area contributed by atoms with E-state index in [9.17, 15) is 0 Å². The average Bonchev–Trinajstić information content (AvgIpc) is 3.04. The van der Waals surface area contributed by atoms with E-state index < -0.39 is 0 Å². The molecule has 3 rings (SSSR count). The van der Waals surface area contributed by atoms with E-state index in [-0.39, 0.29) is 6.04 Å². The number of rotatable bonds is 5. The van der Waals surface area contributed by atoms with Crippen LogP contribution in [0.2, 0.25) is 0 Å². The third-order valence-electron chi connectivity index (χ3n) is 4.03. The number of aryl methyl sites for hydroxylation is 1. The molecule has 0 bridgehead atoms. The Bertz CT molecular complexity index is 550. The second-order valence-corrected chi connectivity index (χ2v) is 5.64. The molecule has 106 valence electrons. The molecule has 0 aliphatic heterocycles. The monoisotopic (exact) mass is 270 g/mol. The van der Waals surface area contributed by atoms with Gasteiger partial charge in [0.15, 0.2) is 0 Å². The maximum atomic E-state index is 4.28. The van der Waals surface area contributed by atoms with Gasteiger partial charge in [0.05, 0.1) is 6.04 Å². The van der Waals surface area contributed by atoms with Crippen LogP contribution in [-0.4, -0.2) is 20.8 Å². The van der Waals surface area contributed by atoms with Crippen LogP contribution in [0.15, 0.2) is 30.6 Å². The lowest BCUT2D eigenvalue weighted by molar-refractivity contribution is 0.436. The van der Waals surface area contributed by atoms with Crippen molar-refractivity contribution in [1.82, 2.24) is 20.1 Å². The summed E-state index contributed by atoms with van der Waals surface area (Å²) < 4.78 is 2.15. The molecule has 2 aromatic rings. The standard InChI is InChI=1S/C16H22N4/c1-3-8-20-11-17-19-16(20)12(2)18-15-9-13-6-4-5-7-14(13)10-15/h4-7,11-12,15,18H,3,8-10H2,1-2H3/t12-/m0/s1. The van der Waals surface area contributed by atoms with E-state index in [0.29, 0.717) is 6.04 Å². The zero-order valence-electron chi connectivity index (χ0n) is 12.2. The van der Waals surface area contributed by atoms with Crippen molar-refractivity contribution >= 4 is 0 Å². The molecule has 0 radical (unpaired) electrons. The van der Waals surface area contributed by atoms with Crippen molar-refractivity contribution in [2.24, 2.45) is 0 Å². The number of hydrogen-bond donors (Lipinski definition) is 1. The Balaban J connectivity index is 1.66. The molecular weight excluding hydrogens is 248 g/mol. The van der Waals surface area contributed by atoms with Crippen molar-refractivity contribution < 1.29 is 0 Å². The molecule has 1 aromatic carbocycles. The molecular formula is C16H22N4. The van der Waals surface area contributed by atoms with E-state index in [1.807, 2.05) is 6.33 Å². The van der Waals surface area contributed by atoms with Gasteiger partial charge in [-0.05, 0) is 37.3 Å². The van der Waals surface area contributed by atoms with Crippen LogP contribution in [0.25, 0.3) is 0 Å². The van der Waals surface area contributed by atoms with Crippen LogP contribution in [0.3, 0.4) is 0 Å². The van der Waals surface area contributed by atoms with Crippen molar-refractivity contribution in [3.63, 3.8) is 0 Å². The van der Waals surface area contributed by atoms with Gasteiger partial charge >= 0.3 is 0 Å². The highest BCUT2D eigenvalue weighted by molar-refractivity contribution is 5.33. The first-order valence-corrected chi connectivity index (χ1v) is 7.48. The quantitative estimate of drug-likeness (QED) is 0.907. The molecule has 0 amide bonds. The zero-order chi connectivity index (χ0) is 13.9. The van der Waals surface area contributed by atoms with Crippen LogP contribution >= 0.6 is 0 Å². The van der Waals surface area contributed by atoms with E-state index in [1.165, 1.54) is 11.1 Å². The lowest BCUT2D eigenvalue weighted by Crippen LogP contribution is -2.33. The molecule has 0 saturated heterocycles. The van der Waals surface area contributed by atoms with Gasteiger partial charge in [0.1, 0.15) is 12.2 Å². The summed E-state index contributed by atoms with van der Waals surface area (Å²) in [6.45, 7) is 5.34. The van der Waals surface area contributed by atoms with Crippen LogP contribution in [0.4, 0.5) is 0 Å². The zero-order valence-corrected chi connectivity index (χ0v) is 12.2. The van der Waals surface area contributed by atoms with Gasteiger partial charge in [-0.3, -0.25) is 0 Å². The minimum Gasteiger partial charge on any atom is -0.316 e. The van der Waals surface area contributed by atoms with Crippen LogP contribution < -0.4 is 5.32 Å². The molecule has 20 heavy (non-hydrogen) atoms. The summed E-state index contributed by atoms with van der Waals surface area (Å²) in [7, 11) is 0. The molecule has 0 fully saturated rings. The average molecular weight is 270 g/mol. The first kappa shape index (κ1) is 13.3. The van der Waals surface area contributed by atoms with Crippen molar-refractivity contribution in [3.8, 4) is 0 Å². The summed E-state index contributed by atoms with van der Waals surface area (Å²) >= 11 is 0. The Labute approximate surface area is 120 Å². The van der Waals surface area contributed by atoms with E-state index >= 15 is 0 Å². The van der Waals surface area contributed by atoms with Gasteiger partial charge in [-0.2, -0.15) is 0 Å². The second kappa shape index (κ2) is 5.75. The summed E-state index contributed by atoms with van der Waals surface area (Å²) in [5.74, 6) is 1.04. The molecule has 1 aromatic heterocycles. The number of hydrogen-bond acceptors (Lipinski definition) is 3. The highest BCUT2D eigenvalue weighted by Gasteiger charge is 2.24. The summed E-state index contributed by atoms with van der Waals surface area (Å²) in [6.07, 6.45) is 5.16. The Morgan fingerprint density at radius 2 is 2.00 bits per heavy atom. The van der Waals surface area contributed by atoms with Crippen molar-refractivity contribution in [3.05, 3.63) is 47.5 Å². The SMILES string of the molecule is CCCn1cnnc1[C@H](C)NC1Cc2ccccc2C1. The fourth-order valence-corrected chi connectivity index (χ4v) is 3.12. The predicted octanol–water partition coefficient (Wildman–Crippen LogP) is 2.51. The first-order valence-electron chi connectivity index (χ1n) is 7.48. The van der Waals surface area contributed by atoms with Crippen LogP contribution in [0.1, 0.15) is 43.3 Å². The summed E-state index contributed by atoms with van der Waals surface area (Å²) in [5, 5.41) is 12.0. The van der Waals surface area contributed by atoms with Gasteiger partial charge in [0.25, 0.3) is 0 Å². The molecule has 1 aliphatic rings. The molecule has 0 unspecified atom stereocenters. The minimum absolute atomic E-state index is 0.239. The molecule has 4 nitrogen and oxygen atoms in total. The third kappa shape index (κ3) is 2.61. The predicted molar refractivity (Wildman–Crippen MR) is 79.5 cm³/mol. The topological polar surface area (TPSA) is 42.7 Å². The molecule has 0 saturated carbocycles. The molecule has 1 atom stereocenters. The highest BCUT2D eigenvalue weighted by atomic mass is 15.3. The smallest absolute Gasteiger partial charge is 0.149 e. The maximum absolute atomic E-state index is 4.28. The Morgan fingerprint density at radius 1 is 1.30 bits per heavy atom.